The largest absolute Gasteiger partial charge is 0.422 e. The van der Waals surface area contributed by atoms with E-state index in [1.165, 1.54) is 43.7 Å². The van der Waals surface area contributed by atoms with Crippen LogP contribution in [0.15, 0.2) is 33.5 Å². The smallest absolute Gasteiger partial charge is 0.347 e. The lowest BCUT2D eigenvalue weighted by molar-refractivity contribution is -0.901. The molecule has 2 fully saturated rings. The average Bonchev–Trinajstić information content (AvgIpc) is 3.21. The first-order chi connectivity index (χ1) is 10.8. The highest BCUT2D eigenvalue weighted by atomic mass is 16.4. The third-order valence-electron chi connectivity index (χ3n) is 5.04. The summed E-state index contributed by atoms with van der Waals surface area (Å²) in [6, 6.07) is 7.97. The van der Waals surface area contributed by atoms with Gasteiger partial charge in [0.05, 0.1) is 18.8 Å². The molecule has 4 heteroatoms. The Morgan fingerprint density at radius 2 is 1.77 bits per heavy atom. The molecule has 4 nitrogen and oxygen atoms in total. The van der Waals surface area contributed by atoms with Crippen LogP contribution in [-0.4, -0.2) is 26.2 Å². The minimum absolute atomic E-state index is 0.139. The van der Waals surface area contributed by atoms with Crippen molar-refractivity contribution in [2.75, 3.05) is 31.1 Å². The number of para-hydroxylation sites is 1. The number of rotatable bonds is 3. The Bertz CT molecular complexity index is 725. The van der Waals surface area contributed by atoms with Crippen LogP contribution in [0.3, 0.4) is 0 Å². The van der Waals surface area contributed by atoms with Crippen molar-refractivity contribution in [3.63, 3.8) is 0 Å². The molecule has 0 aliphatic carbocycles. The van der Waals surface area contributed by atoms with Gasteiger partial charge < -0.3 is 14.2 Å². The van der Waals surface area contributed by atoms with Crippen LogP contribution in [-0.2, 0) is 6.54 Å². The van der Waals surface area contributed by atoms with Gasteiger partial charge in [0, 0.05) is 31.3 Å². The molecule has 4 rings (SSSR count). The van der Waals surface area contributed by atoms with Crippen molar-refractivity contribution in [3.8, 4) is 0 Å². The van der Waals surface area contributed by atoms with Crippen molar-refractivity contribution in [2.24, 2.45) is 0 Å². The Balaban J connectivity index is 1.86. The summed E-state index contributed by atoms with van der Waals surface area (Å²) in [6.45, 7) is 5.25. The summed E-state index contributed by atoms with van der Waals surface area (Å²) in [6.07, 6.45) is 4.97. The van der Waals surface area contributed by atoms with E-state index in [-0.39, 0.29) is 5.63 Å². The maximum Gasteiger partial charge on any atom is 0.347 e. The predicted molar refractivity (Wildman–Crippen MR) is 87.6 cm³/mol. The molecule has 2 aliphatic rings. The number of likely N-dealkylation sites (tertiary alicyclic amines) is 1. The summed E-state index contributed by atoms with van der Waals surface area (Å²) in [7, 11) is 0. The van der Waals surface area contributed by atoms with Gasteiger partial charge in [-0.1, -0.05) is 12.1 Å². The molecule has 0 saturated carbocycles. The van der Waals surface area contributed by atoms with E-state index < -0.39 is 0 Å². The number of anilines is 1. The molecule has 0 unspecified atom stereocenters. The number of fused-ring (bicyclic) bond motifs is 1. The summed E-state index contributed by atoms with van der Waals surface area (Å²) < 4.78 is 5.61. The van der Waals surface area contributed by atoms with Crippen molar-refractivity contribution >= 4 is 16.7 Å². The summed E-state index contributed by atoms with van der Waals surface area (Å²) >= 11 is 0. The van der Waals surface area contributed by atoms with Gasteiger partial charge in [-0.25, -0.2) is 4.79 Å². The van der Waals surface area contributed by atoms with Crippen LogP contribution in [0.2, 0.25) is 0 Å². The van der Waals surface area contributed by atoms with Crippen molar-refractivity contribution < 1.29 is 9.32 Å². The molecule has 1 aromatic heterocycles. The van der Waals surface area contributed by atoms with Crippen LogP contribution in [0.4, 0.5) is 5.69 Å². The van der Waals surface area contributed by atoms with Gasteiger partial charge in [0.25, 0.3) is 0 Å². The lowest BCUT2D eigenvalue weighted by atomic mass is 10.1. The number of nitrogens with zero attached hydrogens (tertiary/aromatic N) is 1. The molecule has 0 radical (unpaired) electrons. The first-order valence-corrected chi connectivity index (χ1v) is 8.46. The van der Waals surface area contributed by atoms with E-state index in [0.29, 0.717) is 0 Å². The van der Waals surface area contributed by atoms with Crippen LogP contribution in [0.1, 0.15) is 31.2 Å². The van der Waals surface area contributed by atoms with Crippen molar-refractivity contribution in [1.82, 2.24) is 0 Å². The Kier molecular flexibility index (Phi) is 3.62. The van der Waals surface area contributed by atoms with Gasteiger partial charge in [0.2, 0.25) is 0 Å². The normalized spacial score (nSPS) is 19.4. The molecule has 0 atom stereocenters. The van der Waals surface area contributed by atoms with Crippen molar-refractivity contribution in [1.29, 1.82) is 0 Å². The monoisotopic (exact) mass is 299 g/mol. The fourth-order valence-electron chi connectivity index (χ4n) is 3.93. The molecular formula is C18H23N2O2+. The van der Waals surface area contributed by atoms with Crippen molar-refractivity contribution in [2.45, 2.75) is 32.2 Å². The zero-order valence-corrected chi connectivity index (χ0v) is 12.9. The van der Waals surface area contributed by atoms with E-state index in [0.717, 1.165) is 41.9 Å². The zero-order chi connectivity index (χ0) is 14.9. The van der Waals surface area contributed by atoms with Crippen LogP contribution in [0.25, 0.3) is 11.0 Å². The van der Waals surface area contributed by atoms with Gasteiger partial charge in [-0.2, -0.15) is 0 Å². The van der Waals surface area contributed by atoms with Gasteiger partial charge in [0.1, 0.15) is 17.7 Å². The highest BCUT2D eigenvalue weighted by Crippen LogP contribution is 2.31. The van der Waals surface area contributed by atoms with Crippen molar-refractivity contribution in [3.05, 3.63) is 40.2 Å². The molecule has 2 aromatic rings. The second-order valence-corrected chi connectivity index (χ2v) is 6.54. The molecule has 0 bridgehead atoms. The van der Waals surface area contributed by atoms with E-state index in [1.807, 2.05) is 18.2 Å². The topological polar surface area (TPSA) is 37.9 Å². The molecule has 0 spiro atoms. The van der Waals surface area contributed by atoms with E-state index in [1.54, 1.807) is 0 Å². The van der Waals surface area contributed by atoms with Gasteiger partial charge in [-0.3, -0.25) is 0 Å². The number of benzene rings is 1. The van der Waals surface area contributed by atoms with Crippen LogP contribution in [0, 0.1) is 0 Å². The standard InChI is InChI=1S/C18H22N2O2/c21-18-15(13-19-9-3-4-10-19)17(20-11-5-6-12-20)14-7-1-2-8-16(14)22-18/h1-2,7-8H,3-6,9-13H2/p+1. The van der Waals surface area contributed by atoms with E-state index in [4.69, 9.17) is 4.42 Å². The Hall–Kier alpha value is -1.81. The second kappa shape index (κ2) is 5.76. The van der Waals surface area contributed by atoms with Crippen LogP contribution in [0.5, 0.6) is 0 Å². The number of nitrogens with one attached hydrogen (secondary N) is 1. The minimum atomic E-state index is -0.139. The molecule has 3 heterocycles. The average molecular weight is 299 g/mol. The number of hydrogen-bond donors (Lipinski definition) is 1. The SMILES string of the molecule is O=c1oc2ccccc2c(N2CCCC2)c1C[NH+]1CCCC1. The molecular weight excluding hydrogens is 276 g/mol. The molecule has 1 N–H and O–H groups in total. The first kappa shape index (κ1) is 13.8. The van der Waals surface area contributed by atoms with Crippen LogP contribution < -0.4 is 15.4 Å². The van der Waals surface area contributed by atoms with Gasteiger partial charge >= 0.3 is 5.63 Å². The Morgan fingerprint density at radius 3 is 2.55 bits per heavy atom. The van der Waals surface area contributed by atoms with E-state index in [9.17, 15) is 4.79 Å². The summed E-state index contributed by atoms with van der Waals surface area (Å²) in [5.41, 5.74) is 2.61. The van der Waals surface area contributed by atoms with Gasteiger partial charge in [-0.05, 0) is 25.0 Å². The fourth-order valence-corrected chi connectivity index (χ4v) is 3.93. The lowest BCUT2D eigenvalue weighted by Gasteiger charge is -2.23. The van der Waals surface area contributed by atoms with Gasteiger partial charge in [-0.15, -0.1) is 0 Å². The maximum absolute atomic E-state index is 12.6. The quantitative estimate of drug-likeness (QED) is 0.874. The lowest BCUT2D eigenvalue weighted by Crippen LogP contribution is -3.08. The molecule has 2 saturated heterocycles. The number of hydrogen-bond acceptors (Lipinski definition) is 3. The fraction of sp³-hybridized carbons (Fsp3) is 0.500. The van der Waals surface area contributed by atoms with Crippen LogP contribution >= 0.6 is 0 Å². The highest BCUT2D eigenvalue weighted by Gasteiger charge is 2.26. The highest BCUT2D eigenvalue weighted by molar-refractivity contribution is 5.92. The molecule has 2 aliphatic heterocycles. The number of quaternary nitrogens is 1. The molecule has 22 heavy (non-hydrogen) atoms. The summed E-state index contributed by atoms with van der Waals surface area (Å²) in [5, 5.41) is 1.09. The predicted octanol–water partition coefficient (Wildman–Crippen LogP) is 1.57. The van der Waals surface area contributed by atoms with E-state index >= 15 is 0 Å². The molecule has 116 valence electrons. The third-order valence-corrected chi connectivity index (χ3v) is 5.04. The second-order valence-electron chi connectivity index (χ2n) is 6.54. The Morgan fingerprint density at radius 1 is 1.05 bits per heavy atom. The molecule has 0 amide bonds. The first-order valence-electron chi connectivity index (χ1n) is 8.46. The summed E-state index contributed by atoms with van der Waals surface area (Å²) in [5.74, 6) is 0. The maximum atomic E-state index is 12.6. The van der Waals surface area contributed by atoms with E-state index in [2.05, 4.69) is 11.0 Å². The Labute approximate surface area is 130 Å². The zero-order valence-electron chi connectivity index (χ0n) is 12.9. The van der Waals surface area contributed by atoms with Gasteiger partial charge in [0.15, 0.2) is 0 Å². The third kappa shape index (κ3) is 2.41. The minimum Gasteiger partial charge on any atom is -0.422 e. The summed E-state index contributed by atoms with van der Waals surface area (Å²) in [4.78, 5) is 16.5. The molecule has 1 aromatic carbocycles.